The van der Waals surface area contributed by atoms with Gasteiger partial charge < -0.3 is 11.1 Å². The number of nitrogens with zero attached hydrogens (tertiary/aromatic N) is 2. The smallest absolute Gasteiger partial charge is 0.264 e. The molecule has 1 aromatic rings. The lowest BCUT2D eigenvalue weighted by molar-refractivity contribution is -0.402. The molecule has 0 saturated carbocycles. The van der Waals surface area contributed by atoms with E-state index < -0.39 is 4.92 Å². The van der Waals surface area contributed by atoms with Gasteiger partial charge in [-0.15, -0.1) is 11.8 Å². The zero-order valence-corrected chi connectivity index (χ0v) is 8.82. The van der Waals surface area contributed by atoms with E-state index in [1.54, 1.807) is 18.5 Å². The molecule has 1 aromatic heterocycles. The van der Waals surface area contributed by atoms with Crippen molar-refractivity contribution in [1.82, 2.24) is 4.98 Å². The van der Waals surface area contributed by atoms with Gasteiger partial charge in [-0.2, -0.15) is 0 Å². The molecule has 15 heavy (non-hydrogen) atoms. The van der Waals surface area contributed by atoms with Crippen molar-refractivity contribution < 1.29 is 4.92 Å². The zero-order chi connectivity index (χ0) is 11.3. The van der Waals surface area contributed by atoms with Crippen LogP contribution in [0, 0.1) is 10.1 Å². The van der Waals surface area contributed by atoms with Gasteiger partial charge in [-0.25, -0.2) is 0 Å². The molecule has 0 aliphatic rings. The number of anilines is 2. The molecule has 0 saturated heterocycles. The molecular formula is C8H10N4O2S. The van der Waals surface area contributed by atoms with Crippen molar-refractivity contribution in [2.75, 3.05) is 17.3 Å². The van der Waals surface area contributed by atoms with Crippen molar-refractivity contribution in [3.63, 3.8) is 0 Å². The van der Waals surface area contributed by atoms with Crippen molar-refractivity contribution in [2.24, 2.45) is 0 Å². The van der Waals surface area contributed by atoms with Crippen molar-refractivity contribution in [2.45, 2.75) is 0 Å². The van der Waals surface area contributed by atoms with Crippen LogP contribution in [0.5, 0.6) is 0 Å². The molecule has 6 nitrogen and oxygen atoms in total. The Morgan fingerprint density at radius 3 is 3.07 bits per heavy atom. The number of nitrogen functional groups attached to an aromatic ring is 1. The van der Waals surface area contributed by atoms with Crippen molar-refractivity contribution in [3.8, 4) is 0 Å². The molecule has 1 rings (SSSR count). The third kappa shape index (κ3) is 3.47. The molecule has 0 aliphatic carbocycles. The maximum atomic E-state index is 10.3. The topological polar surface area (TPSA) is 94.1 Å². The van der Waals surface area contributed by atoms with Crippen LogP contribution in [0.4, 0.5) is 11.4 Å². The number of thioether (sulfide) groups is 1. The van der Waals surface area contributed by atoms with Crippen LogP contribution in [-0.4, -0.2) is 16.2 Å². The van der Waals surface area contributed by atoms with Crippen LogP contribution in [0.3, 0.4) is 0 Å². The first-order valence-corrected chi connectivity index (χ1v) is 5.21. The number of hydrogen-bond acceptors (Lipinski definition) is 6. The fourth-order valence-electron chi connectivity index (χ4n) is 0.874. The molecule has 0 amide bonds. The SMILES string of the molecule is CSC(=C[N+](=O)[O-])Nc1cnccc1N. The van der Waals surface area contributed by atoms with E-state index in [1.807, 2.05) is 0 Å². The zero-order valence-electron chi connectivity index (χ0n) is 8.01. The second-order valence-corrected chi connectivity index (χ2v) is 3.42. The summed E-state index contributed by atoms with van der Waals surface area (Å²) >= 11 is 1.23. The number of pyridine rings is 1. The number of rotatable bonds is 4. The summed E-state index contributed by atoms with van der Waals surface area (Å²) in [7, 11) is 0. The van der Waals surface area contributed by atoms with E-state index >= 15 is 0 Å². The Labute approximate surface area is 90.7 Å². The highest BCUT2D eigenvalue weighted by atomic mass is 32.2. The summed E-state index contributed by atoms with van der Waals surface area (Å²) in [6.07, 6.45) is 5.68. The average Bonchev–Trinajstić information content (AvgIpc) is 2.19. The van der Waals surface area contributed by atoms with Gasteiger partial charge in [0.15, 0.2) is 0 Å². The Hall–Kier alpha value is -1.76. The average molecular weight is 226 g/mol. The van der Waals surface area contributed by atoms with E-state index in [4.69, 9.17) is 5.73 Å². The molecule has 1 heterocycles. The first-order valence-electron chi connectivity index (χ1n) is 3.99. The van der Waals surface area contributed by atoms with Gasteiger partial charge in [0, 0.05) is 6.20 Å². The lowest BCUT2D eigenvalue weighted by Crippen LogP contribution is -2.02. The Morgan fingerprint density at radius 2 is 2.53 bits per heavy atom. The van der Waals surface area contributed by atoms with Crippen molar-refractivity contribution >= 4 is 23.1 Å². The van der Waals surface area contributed by atoms with Crippen LogP contribution in [-0.2, 0) is 0 Å². The van der Waals surface area contributed by atoms with E-state index in [0.717, 1.165) is 6.20 Å². The number of aromatic nitrogens is 1. The molecule has 0 bridgehead atoms. The lowest BCUT2D eigenvalue weighted by Gasteiger charge is -2.07. The van der Waals surface area contributed by atoms with E-state index in [-0.39, 0.29) is 0 Å². The number of nitrogens with one attached hydrogen (secondary N) is 1. The molecule has 0 radical (unpaired) electrons. The molecular weight excluding hydrogens is 216 g/mol. The van der Waals surface area contributed by atoms with Gasteiger partial charge in [0.2, 0.25) is 0 Å². The van der Waals surface area contributed by atoms with E-state index in [0.29, 0.717) is 16.4 Å². The van der Waals surface area contributed by atoms with Gasteiger partial charge >= 0.3 is 0 Å². The fraction of sp³-hybridized carbons (Fsp3) is 0.125. The second kappa shape index (κ2) is 5.20. The fourth-order valence-corrected chi connectivity index (χ4v) is 1.28. The van der Waals surface area contributed by atoms with E-state index in [1.165, 1.54) is 18.0 Å². The van der Waals surface area contributed by atoms with Crippen molar-refractivity contribution in [3.05, 3.63) is 39.8 Å². The summed E-state index contributed by atoms with van der Waals surface area (Å²) < 4.78 is 0. The molecule has 0 spiro atoms. The van der Waals surface area contributed by atoms with E-state index in [9.17, 15) is 10.1 Å². The molecule has 0 aliphatic heterocycles. The van der Waals surface area contributed by atoms with E-state index in [2.05, 4.69) is 10.3 Å². The van der Waals surface area contributed by atoms with Gasteiger partial charge in [-0.05, 0) is 12.3 Å². The van der Waals surface area contributed by atoms with Gasteiger partial charge in [0.25, 0.3) is 6.20 Å². The summed E-state index contributed by atoms with van der Waals surface area (Å²) in [5, 5.41) is 13.5. The Kier molecular flexibility index (Phi) is 3.92. The monoisotopic (exact) mass is 226 g/mol. The number of hydrogen-bond donors (Lipinski definition) is 2. The Morgan fingerprint density at radius 1 is 1.80 bits per heavy atom. The minimum absolute atomic E-state index is 0.403. The van der Waals surface area contributed by atoms with Crippen LogP contribution in [0.2, 0.25) is 0 Å². The van der Waals surface area contributed by atoms with Gasteiger partial charge in [-0.1, -0.05) is 0 Å². The summed E-state index contributed by atoms with van der Waals surface area (Å²) in [4.78, 5) is 13.6. The number of nitrogens with two attached hydrogens (primary N) is 1. The van der Waals surface area contributed by atoms with Gasteiger partial charge in [-0.3, -0.25) is 15.1 Å². The summed E-state index contributed by atoms with van der Waals surface area (Å²) in [5.41, 5.74) is 6.69. The molecule has 7 heteroatoms. The third-order valence-electron chi connectivity index (χ3n) is 1.56. The predicted molar refractivity (Wildman–Crippen MR) is 60.9 cm³/mol. The normalized spacial score (nSPS) is 11.1. The lowest BCUT2D eigenvalue weighted by atomic mass is 10.3. The van der Waals surface area contributed by atoms with Crippen LogP contribution >= 0.6 is 11.8 Å². The first kappa shape index (κ1) is 11.3. The maximum absolute atomic E-state index is 10.3. The predicted octanol–water partition coefficient (Wildman–Crippen LogP) is 1.51. The van der Waals surface area contributed by atoms with Gasteiger partial charge in [0.05, 0.1) is 22.5 Å². The summed E-state index contributed by atoms with van der Waals surface area (Å²) in [6, 6.07) is 1.62. The minimum atomic E-state index is -0.522. The highest BCUT2D eigenvalue weighted by Gasteiger charge is 2.04. The summed E-state index contributed by atoms with van der Waals surface area (Å²) in [6.45, 7) is 0. The van der Waals surface area contributed by atoms with Crippen LogP contribution in [0.1, 0.15) is 0 Å². The summed E-state index contributed by atoms with van der Waals surface area (Å²) in [5.74, 6) is 0. The minimum Gasteiger partial charge on any atom is -0.397 e. The molecule has 80 valence electrons. The highest BCUT2D eigenvalue weighted by Crippen LogP contribution is 2.21. The molecule has 0 unspecified atom stereocenters. The van der Waals surface area contributed by atoms with Crippen LogP contribution < -0.4 is 11.1 Å². The number of nitro groups is 1. The van der Waals surface area contributed by atoms with Crippen LogP contribution in [0.25, 0.3) is 0 Å². The quantitative estimate of drug-likeness (QED) is 0.597. The van der Waals surface area contributed by atoms with Crippen LogP contribution in [0.15, 0.2) is 29.7 Å². The Balaban J connectivity index is 2.85. The highest BCUT2D eigenvalue weighted by molar-refractivity contribution is 8.02. The molecule has 0 fully saturated rings. The molecule has 0 aromatic carbocycles. The second-order valence-electron chi connectivity index (χ2n) is 2.57. The Bertz CT molecular complexity index is 394. The first-order chi connectivity index (χ1) is 7.13. The third-order valence-corrected chi connectivity index (χ3v) is 2.20. The van der Waals surface area contributed by atoms with Crippen molar-refractivity contribution in [1.29, 1.82) is 0 Å². The maximum Gasteiger partial charge on any atom is 0.264 e. The largest absolute Gasteiger partial charge is 0.397 e. The molecule has 0 atom stereocenters. The standard InChI is InChI=1S/C8H10N4O2S/c1-15-8(5-12(13)14)11-7-4-10-3-2-6(7)9/h2-5,11H,1H3,(H2,9,10). The van der Waals surface area contributed by atoms with Gasteiger partial charge in [0.1, 0.15) is 5.03 Å². The molecule has 3 N–H and O–H groups in total.